The molecule has 2 aromatic carbocycles. The fourth-order valence-corrected chi connectivity index (χ4v) is 3.39. The molecule has 2 aromatic rings. The lowest BCUT2D eigenvalue weighted by Crippen LogP contribution is -2.49. The number of nitrogens with one attached hydrogen (secondary N) is 3. The molecule has 0 atom stereocenters. The molecule has 0 radical (unpaired) electrons. The molecule has 0 bridgehead atoms. The fraction of sp³-hybridized carbons (Fsp3) is 0.348. The van der Waals surface area contributed by atoms with E-state index in [2.05, 4.69) is 53.0 Å². The maximum atomic E-state index is 12.5. The van der Waals surface area contributed by atoms with Gasteiger partial charge in [0.05, 0.1) is 6.54 Å². The van der Waals surface area contributed by atoms with Crippen LogP contribution in [-0.2, 0) is 17.9 Å². The molecule has 1 aliphatic rings. The Bertz CT molecular complexity index is 937. The highest BCUT2D eigenvalue weighted by Crippen LogP contribution is 2.11. The molecule has 0 saturated carbocycles. The molecule has 3 rings (SSSR count). The molecule has 158 valence electrons. The molecule has 30 heavy (non-hydrogen) atoms. The van der Waals surface area contributed by atoms with Crippen LogP contribution >= 0.6 is 0 Å². The summed E-state index contributed by atoms with van der Waals surface area (Å²) in [5, 5.41) is 9.36. The maximum Gasteiger partial charge on any atom is 0.254 e. The van der Waals surface area contributed by atoms with Crippen LogP contribution in [0.3, 0.4) is 0 Å². The molecule has 1 aliphatic heterocycles. The van der Waals surface area contributed by atoms with Gasteiger partial charge in [0.25, 0.3) is 5.91 Å². The average molecular weight is 408 g/mol. The standard InChI is InChI=1S/C23H29N5O2/c1-16-4-7-20(17(2)12-16)14-27-23(24-3)26-13-18-5-8-19(9-6-18)22(30)28-11-10-25-21(29)15-28/h4-9,12H,10-11,13-15H2,1-3H3,(H,25,29)(H2,24,26,27). The highest BCUT2D eigenvalue weighted by Gasteiger charge is 2.22. The Labute approximate surface area is 177 Å². The van der Waals surface area contributed by atoms with E-state index in [0.29, 0.717) is 31.7 Å². The summed E-state index contributed by atoms with van der Waals surface area (Å²) in [5.74, 6) is 0.486. The summed E-state index contributed by atoms with van der Waals surface area (Å²) in [6, 6.07) is 13.9. The summed E-state index contributed by atoms with van der Waals surface area (Å²) >= 11 is 0. The smallest absolute Gasteiger partial charge is 0.254 e. The molecule has 7 nitrogen and oxygen atoms in total. The van der Waals surface area contributed by atoms with Crippen molar-refractivity contribution in [3.05, 3.63) is 70.3 Å². The van der Waals surface area contributed by atoms with Crippen molar-refractivity contribution in [2.75, 3.05) is 26.7 Å². The number of aryl methyl sites for hydroxylation is 2. The second-order valence-electron chi connectivity index (χ2n) is 7.48. The van der Waals surface area contributed by atoms with Gasteiger partial charge in [0, 0.05) is 38.8 Å². The minimum atomic E-state index is -0.116. The number of hydrogen-bond acceptors (Lipinski definition) is 3. The van der Waals surface area contributed by atoms with Gasteiger partial charge in [-0.05, 0) is 42.7 Å². The number of aliphatic imine (C=N–C) groups is 1. The SMILES string of the molecule is CN=C(NCc1ccc(C(=O)N2CCNC(=O)C2)cc1)NCc1ccc(C)cc1C. The largest absolute Gasteiger partial charge is 0.353 e. The van der Waals surface area contributed by atoms with Crippen LogP contribution in [-0.4, -0.2) is 49.4 Å². The summed E-state index contributed by atoms with van der Waals surface area (Å²) in [6.07, 6.45) is 0. The molecule has 2 amide bonds. The number of piperazine rings is 1. The summed E-state index contributed by atoms with van der Waals surface area (Å²) in [4.78, 5) is 29.9. The predicted octanol–water partition coefficient (Wildman–Crippen LogP) is 1.74. The highest BCUT2D eigenvalue weighted by atomic mass is 16.2. The van der Waals surface area contributed by atoms with E-state index in [0.717, 1.165) is 11.5 Å². The zero-order valence-electron chi connectivity index (χ0n) is 17.8. The quantitative estimate of drug-likeness (QED) is 0.521. The molecule has 7 heteroatoms. The van der Waals surface area contributed by atoms with Crippen molar-refractivity contribution >= 4 is 17.8 Å². The number of hydrogen-bond donors (Lipinski definition) is 3. The summed E-state index contributed by atoms with van der Waals surface area (Å²) in [5.41, 5.74) is 5.37. The minimum Gasteiger partial charge on any atom is -0.353 e. The van der Waals surface area contributed by atoms with Gasteiger partial charge in [-0.15, -0.1) is 0 Å². The number of nitrogens with zero attached hydrogens (tertiary/aromatic N) is 2. The maximum absolute atomic E-state index is 12.5. The van der Waals surface area contributed by atoms with Crippen molar-refractivity contribution in [3.8, 4) is 0 Å². The van der Waals surface area contributed by atoms with E-state index in [1.165, 1.54) is 16.7 Å². The first-order valence-electron chi connectivity index (χ1n) is 10.1. The van der Waals surface area contributed by atoms with E-state index < -0.39 is 0 Å². The summed E-state index contributed by atoms with van der Waals surface area (Å²) < 4.78 is 0. The minimum absolute atomic E-state index is 0.115. The van der Waals surface area contributed by atoms with Gasteiger partial charge in [-0.2, -0.15) is 0 Å². The number of amides is 2. The van der Waals surface area contributed by atoms with Crippen molar-refractivity contribution in [2.45, 2.75) is 26.9 Å². The van der Waals surface area contributed by atoms with Gasteiger partial charge < -0.3 is 20.9 Å². The molecule has 0 aliphatic carbocycles. The Kier molecular flexibility index (Phi) is 7.06. The second kappa shape index (κ2) is 9.91. The first-order chi connectivity index (χ1) is 14.5. The van der Waals surface area contributed by atoms with E-state index in [1.807, 2.05) is 12.1 Å². The molecular weight excluding hydrogens is 378 g/mol. The van der Waals surface area contributed by atoms with Crippen LogP contribution in [0.2, 0.25) is 0 Å². The molecule has 1 fully saturated rings. The zero-order valence-corrected chi connectivity index (χ0v) is 17.8. The fourth-order valence-electron chi connectivity index (χ4n) is 3.39. The average Bonchev–Trinajstić information content (AvgIpc) is 2.75. The van der Waals surface area contributed by atoms with Gasteiger partial charge in [-0.3, -0.25) is 14.6 Å². The second-order valence-corrected chi connectivity index (χ2v) is 7.48. The number of carbonyl (C=O) groups is 2. The van der Waals surface area contributed by atoms with Crippen molar-refractivity contribution in [2.24, 2.45) is 4.99 Å². The Morgan fingerprint density at radius 2 is 1.83 bits per heavy atom. The summed E-state index contributed by atoms with van der Waals surface area (Å²) in [6.45, 7) is 6.64. The van der Waals surface area contributed by atoms with Crippen LogP contribution in [0.5, 0.6) is 0 Å². The third-order valence-corrected chi connectivity index (χ3v) is 5.15. The molecule has 0 spiro atoms. The lowest BCUT2D eigenvalue weighted by Gasteiger charge is -2.26. The molecule has 3 N–H and O–H groups in total. The van der Waals surface area contributed by atoms with Gasteiger partial charge in [-0.1, -0.05) is 35.9 Å². The van der Waals surface area contributed by atoms with Gasteiger partial charge in [0.2, 0.25) is 5.91 Å². The van der Waals surface area contributed by atoms with Crippen LogP contribution in [0.1, 0.15) is 32.6 Å². The lowest BCUT2D eigenvalue weighted by atomic mass is 10.1. The summed E-state index contributed by atoms with van der Waals surface area (Å²) in [7, 11) is 1.74. The third-order valence-electron chi connectivity index (χ3n) is 5.15. The molecule has 0 unspecified atom stereocenters. The van der Waals surface area contributed by atoms with Crippen molar-refractivity contribution in [1.82, 2.24) is 20.9 Å². The van der Waals surface area contributed by atoms with Gasteiger partial charge in [0.15, 0.2) is 5.96 Å². The normalized spacial score (nSPS) is 14.3. The number of benzene rings is 2. The Morgan fingerprint density at radius 3 is 2.50 bits per heavy atom. The topological polar surface area (TPSA) is 85.8 Å². The van der Waals surface area contributed by atoms with Crippen LogP contribution in [0.4, 0.5) is 0 Å². The Hall–Kier alpha value is -3.35. The highest BCUT2D eigenvalue weighted by molar-refractivity contribution is 5.97. The van der Waals surface area contributed by atoms with E-state index in [-0.39, 0.29) is 18.4 Å². The Morgan fingerprint density at radius 1 is 1.10 bits per heavy atom. The van der Waals surface area contributed by atoms with Crippen molar-refractivity contribution in [1.29, 1.82) is 0 Å². The molecule has 1 heterocycles. The van der Waals surface area contributed by atoms with E-state index in [1.54, 1.807) is 24.1 Å². The van der Waals surface area contributed by atoms with E-state index in [9.17, 15) is 9.59 Å². The van der Waals surface area contributed by atoms with Crippen molar-refractivity contribution < 1.29 is 9.59 Å². The zero-order chi connectivity index (χ0) is 21.5. The van der Waals surface area contributed by atoms with E-state index >= 15 is 0 Å². The van der Waals surface area contributed by atoms with E-state index in [4.69, 9.17) is 0 Å². The van der Waals surface area contributed by atoms with Crippen LogP contribution in [0.15, 0.2) is 47.5 Å². The van der Waals surface area contributed by atoms with Gasteiger partial charge in [0.1, 0.15) is 0 Å². The van der Waals surface area contributed by atoms with Gasteiger partial charge in [-0.25, -0.2) is 0 Å². The van der Waals surface area contributed by atoms with Crippen LogP contribution in [0.25, 0.3) is 0 Å². The van der Waals surface area contributed by atoms with Gasteiger partial charge >= 0.3 is 0 Å². The predicted molar refractivity (Wildman–Crippen MR) is 118 cm³/mol. The number of carbonyl (C=O) groups excluding carboxylic acids is 2. The lowest BCUT2D eigenvalue weighted by molar-refractivity contribution is -0.123. The number of guanidine groups is 1. The Balaban J connectivity index is 1.52. The van der Waals surface area contributed by atoms with Crippen LogP contribution in [0, 0.1) is 13.8 Å². The third kappa shape index (κ3) is 5.59. The molecule has 1 saturated heterocycles. The molecular formula is C23H29N5O2. The first-order valence-corrected chi connectivity index (χ1v) is 10.1. The first kappa shape index (κ1) is 21.4. The van der Waals surface area contributed by atoms with Crippen LogP contribution < -0.4 is 16.0 Å². The van der Waals surface area contributed by atoms with Crippen molar-refractivity contribution in [3.63, 3.8) is 0 Å². The molecule has 0 aromatic heterocycles. The monoisotopic (exact) mass is 407 g/mol. The number of rotatable bonds is 5.